The Morgan fingerprint density at radius 1 is 1.06 bits per heavy atom. The number of hydrogen-bond donors (Lipinski definition) is 2. The number of carbonyl (C=O) groups is 1. The van der Waals surface area contributed by atoms with Crippen molar-refractivity contribution in [2.24, 2.45) is 0 Å². The van der Waals surface area contributed by atoms with Crippen molar-refractivity contribution < 1.29 is 4.79 Å². The molecular formula is C24H21BrClN5OS. The van der Waals surface area contributed by atoms with Crippen molar-refractivity contribution in [3.63, 3.8) is 0 Å². The van der Waals surface area contributed by atoms with Crippen molar-refractivity contribution >= 4 is 67.5 Å². The summed E-state index contributed by atoms with van der Waals surface area (Å²) in [5.41, 5.74) is 4.50. The van der Waals surface area contributed by atoms with Crippen molar-refractivity contribution in [2.75, 3.05) is 5.32 Å². The zero-order valence-electron chi connectivity index (χ0n) is 17.8. The minimum absolute atomic E-state index is 0.138. The molecule has 9 heteroatoms. The van der Waals surface area contributed by atoms with E-state index in [-0.39, 0.29) is 11.0 Å². The molecule has 0 aliphatic rings. The summed E-state index contributed by atoms with van der Waals surface area (Å²) in [6.45, 7) is 2.19. The third kappa shape index (κ3) is 5.76. The van der Waals surface area contributed by atoms with Gasteiger partial charge in [-0.05, 0) is 79.2 Å². The number of carbonyl (C=O) groups excluding carboxylic acids is 1. The fraction of sp³-hybridized carbons (Fsp3) is 0.167. The summed E-state index contributed by atoms with van der Waals surface area (Å²) < 4.78 is 0.889. The highest BCUT2D eigenvalue weighted by molar-refractivity contribution is 9.10. The number of amides is 1. The number of halogens is 2. The molecule has 1 amide bonds. The number of nitrogens with zero attached hydrogens (tertiary/aromatic N) is 3. The molecule has 0 aliphatic carbocycles. The average Bonchev–Trinajstić information content (AvgIpc) is 3.21. The van der Waals surface area contributed by atoms with E-state index in [1.165, 1.54) is 18.4 Å². The zero-order chi connectivity index (χ0) is 23.4. The third-order valence-electron chi connectivity index (χ3n) is 5.04. The van der Waals surface area contributed by atoms with Gasteiger partial charge in [-0.25, -0.2) is 0 Å². The number of aryl methyl sites for hydroxylation is 1. The topological polar surface area (TPSA) is 71.8 Å². The molecule has 0 fully saturated rings. The van der Waals surface area contributed by atoms with E-state index in [9.17, 15) is 4.79 Å². The number of anilines is 1. The van der Waals surface area contributed by atoms with Crippen LogP contribution in [0.5, 0.6) is 0 Å². The monoisotopic (exact) mass is 541 g/mol. The van der Waals surface area contributed by atoms with Crippen molar-refractivity contribution in [1.82, 2.24) is 20.3 Å². The van der Waals surface area contributed by atoms with Crippen LogP contribution < -0.4 is 10.6 Å². The number of fused-ring (bicyclic) bond motifs is 1. The molecule has 33 heavy (non-hydrogen) atoms. The molecule has 0 aliphatic heterocycles. The number of thiocarbonyl (C=S) groups is 1. The molecule has 1 heterocycles. The van der Waals surface area contributed by atoms with Crippen LogP contribution in [0.25, 0.3) is 16.7 Å². The van der Waals surface area contributed by atoms with Gasteiger partial charge in [0.05, 0.1) is 16.4 Å². The van der Waals surface area contributed by atoms with Crippen LogP contribution in [-0.2, 0) is 6.42 Å². The lowest BCUT2D eigenvalue weighted by atomic mass is 10.1. The summed E-state index contributed by atoms with van der Waals surface area (Å²) in [5.74, 6) is -0.314. The quantitative estimate of drug-likeness (QED) is 0.280. The first-order chi connectivity index (χ1) is 15.9. The Morgan fingerprint density at radius 3 is 2.39 bits per heavy atom. The van der Waals surface area contributed by atoms with E-state index in [2.05, 4.69) is 55.8 Å². The summed E-state index contributed by atoms with van der Waals surface area (Å²) >= 11 is 15.1. The van der Waals surface area contributed by atoms with Gasteiger partial charge in [0, 0.05) is 10.0 Å². The Labute approximate surface area is 210 Å². The molecule has 3 aromatic carbocycles. The van der Waals surface area contributed by atoms with Gasteiger partial charge in [0.25, 0.3) is 5.91 Å². The second kappa shape index (κ2) is 10.4. The van der Waals surface area contributed by atoms with Gasteiger partial charge in [-0.3, -0.25) is 10.1 Å². The second-order valence-electron chi connectivity index (χ2n) is 7.50. The molecule has 2 N–H and O–H groups in total. The molecule has 0 bridgehead atoms. The molecule has 4 rings (SSSR count). The van der Waals surface area contributed by atoms with Crippen molar-refractivity contribution in [1.29, 1.82) is 0 Å². The lowest BCUT2D eigenvalue weighted by molar-refractivity contribution is 0.0977. The van der Waals surface area contributed by atoms with E-state index in [1.807, 2.05) is 12.1 Å². The van der Waals surface area contributed by atoms with Crippen molar-refractivity contribution in [3.05, 3.63) is 81.3 Å². The zero-order valence-corrected chi connectivity index (χ0v) is 21.0. The predicted octanol–water partition coefficient (Wildman–Crippen LogP) is 6.31. The van der Waals surface area contributed by atoms with Gasteiger partial charge >= 0.3 is 0 Å². The Kier molecular flexibility index (Phi) is 7.37. The molecule has 6 nitrogen and oxygen atoms in total. The van der Waals surface area contributed by atoms with Gasteiger partial charge in [-0.1, -0.05) is 53.0 Å². The van der Waals surface area contributed by atoms with Crippen LogP contribution in [-0.4, -0.2) is 26.0 Å². The molecule has 0 saturated heterocycles. The van der Waals surface area contributed by atoms with E-state index in [0.29, 0.717) is 27.3 Å². The molecule has 0 spiro atoms. The van der Waals surface area contributed by atoms with Crippen LogP contribution in [0.15, 0.2) is 65.1 Å². The molecule has 0 atom stereocenters. The molecule has 168 valence electrons. The van der Waals surface area contributed by atoms with Crippen molar-refractivity contribution in [2.45, 2.75) is 26.2 Å². The minimum Gasteiger partial charge on any atom is -0.331 e. The van der Waals surface area contributed by atoms with Gasteiger partial charge in [-0.2, -0.15) is 4.80 Å². The Balaban J connectivity index is 1.48. The predicted molar refractivity (Wildman–Crippen MR) is 140 cm³/mol. The van der Waals surface area contributed by atoms with E-state index in [0.717, 1.165) is 16.6 Å². The van der Waals surface area contributed by atoms with Gasteiger partial charge in [0.2, 0.25) is 0 Å². The Hall–Kier alpha value is -2.81. The first-order valence-electron chi connectivity index (χ1n) is 10.5. The summed E-state index contributed by atoms with van der Waals surface area (Å²) in [5, 5.41) is 15.3. The largest absolute Gasteiger partial charge is 0.331 e. The van der Waals surface area contributed by atoms with Gasteiger partial charge < -0.3 is 5.32 Å². The lowest BCUT2D eigenvalue weighted by Gasteiger charge is -2.11. The average molecular weight is 543 g/mol. The van der Waals surface area contributed by atoms with Crippen LogP contribution in [0.1, 0.15) is 35.7 Å². The first kappa shape index (κ1) is 23.4. The molecule has 0 saturated carbocycles. The van der Waals surface area contributed by atoms with E-state index >= 15 is 0 Å². The van der Waals surface area contributed by atoms with Crippen LogP contribution in [0.3, 0.4) is 0 Å². The summed E-state index contributed by atoms with van der Waals surface area (Å²) in [6, 6.07) is 18.7. The minimum atomic E-state index is -0.314. The SMILES string of the molecule is CCCCc1ccc(-n2nc3cc(Cl)c(NC(=S)NC(=O)c4ccc(Br)cc4)cc3n2)cc1. The van der Waals surface area contributed by atoms with Crippen LogP contribution in [0, 0.1) is 0 Å². The summed E-state index contributed by atoms with van der Waals surface area (Å²) in [6.07, 6.45) is 3.40. The highest BCUT2D eigenvalue weighted by Crippen LogP contribution is 2.27. The fourth-order valence-electron chi connectivity index (χ4n) is 3.26. The lowest BCUT2D eigenvalue weighted by Crippen LogP contribution is -2.34. The first-order valence-corrected chi connectivity index (χ1v) is 12.0. The molecular weight excluding hydrogens is 522 g/mol. The van der Waals surface area contributed by atoms with Gasteiger partial charge in [0.1, 0.15) is 11.0 Å². The molecule has 0 radical (unpaired) electrons. The third-order valence-corrected chi connectivity index (χ3v) is 6.08. The maximum Gasteiger partial charge on any atom is 0.257 e. The Morgan fingerprint density at radius 2 is 1.73 bits per heavy atom. The van der Waals surface area contributed by atoms with Crippen molar-refractivity contribution in [3.8, 4) is 5.69 Å². The van der Waals surface area contributed by atoms with Crippen LogP contribution in [0.2, 0.25) is 5.02 Å². The standard InChI is InChI=1S/C24H21BrClN5OS/c1-2-3-4-15-5-11-18(12-6-15)31-29-21-13-19(26)20(14-22(21)30-31)27-24(33)28-23(32)16-7-9-17(25)10-8-16/h5-14H,2-4H2,1H3,(H2,27,28,32,33). The number of nitrogens with one attached hydrogen (secondary N) is 2. The van der Waals surface area contributed by atoms with Crippen LogP contribution >= 0.6 is 39.7 Å². The van der Waals surface area contributed by atoms with E-state index < -0.39 is 0 Å². The summed E-state index contributed by atoms with van der Waals surface area (Å²) in [4.78, 5) is 14.0. The van der Waals surface area contributed by atoms with E-state index in [1.54, 1.807) is 41.2 Å². The maximum atomic E-state index is 12.4. The number of benzene rings is 3. The van der Waals surface area contributed by atoms with Gasteiger partial charge in [-0.15, -0.1) is 10.2 Å². The highest BCUT2D eigenvalue weighted by atomic mass is 79.9. The summed E-state index contributed by atoms with van der Waals surface area (Å²) in [7, 11) is 0. The molecule has 1 aromatic heterocycles. The van der Waals surface area contributed by atoms with Gasteiger partial charge in [0.15, 0.2) is 5.11 Å². The number of unbranched alkanes of at least 4 members (excludes halogenated alkanes) is 1. The second-order valence-corrected chi connectivity index (χ2v) is 9.23. The fourth-order valence-corrected chi connectivity index (χ4v) is 3.93. The molecule has 4 aromatic rings. The smallest absolute Gasteiger partial charge is 0.257 e. The highest BCUT2D eigenvalue weighted by Gasteiger charge is 2.13. The number of rotatable bonds is 6. The molecule has 0 unspecified atom stereocenters. The van der Waals surface area contributed by atoms with E-state index in [4.69, 9.17) is 23.8 Å². The number of hydrogen-bond acceptors (Lipinski definition) is 4. The normalized spacial score (nSPS) is 10.9. The maximum absolute atomic E-state index is 12.4. The Bertz CT molecular complexity index is 1310. The van der Waals surface area contributed by atoms with Crippen LogP contribution in [0.4, 0.5) is 5.69 Å². The number of aromatic nitrogens is 3.